The molecule has 1 amide bonds. The smallest absolute Gasteiger partial charge is 0.234 e. The number of aromatic nitrogens is 2. The van der Waals surface area contributed by atoms with Gasteiger partial charge < -0.3 is 5.73 Å². The molecule has 3 N–H and O–H groups in total. The first-order chi connectivity index (χ1) is 13.2. The van der Waals surface area contributed by atoms with Gasteiger partial charge in [0.05, 0.1) is 17.9 Å². The Balaban J connectivity index is 1.56. The Morgan fingerprint density at radius 1 is 1.04 bits per heavy atom. The van der Waals surface area contributed by atoms with Crippen LogP contribution < -0.4 is 5.73 Å². The highest BCUT2D eigenvalue weighted by atomic mass is 16.1. The van der Waals surface area contributed by atoms with Crippen molar-refractivity contribution in [1.29, 1.82) is 0 Å². The average Bonchev–Trinajstić information content (AvgIpc) is 3.17. The van der Waals surface area contributed by atoms with Crippen molar-refractivity contribution >= 4 is 5.91 Å². The Bertz CT molecular complexity index is 902. The number of hydrogen-bond acceptors (Lipinski definition) is 3. The molecular weight excluding hydrogens is 336 g/mol. The summed E-state index contributed by atoms with van der Waals surface area (Å²) < 4.78 is 0. The normalized spacial score (nSPS) is 17.7. The molecule has 2 heterocycles. The number of amides is 1. The van der Waals surface area contributed by atoms with Crippen LogP contribution in [0.3, 0.4) is 0 Å². The van der Waals surface area contributed by atoms with Crippen LogP contribution in [0.15, 0.2) is 60.8 Å². The van der Waals surface area contributed by atoms with E-state index in [4.69, 9.17) is 5.73 Å². The Kier molecular flexibility index (Phi) is 5.03. The number of rotatable bonds is 5. The fourth-order valence-electron chi connectivity index (χ4n) is 3.86. The third kappa shape index (κ3) is 3.78. The monoisotopic (exact) mass is 360 g/mol. The number of nitrogens with zero attached hydrogens (tertiary/aromatic N) is 2. The summed E-state index contributed by atoms with van der Waals surface area (Å²) in [6, 6.07) is 18.6. The minimum Gasteiger partial charge on any atom is -0.368 e. The van der Waals surface area contributed by atoms with Crippen LogP contribution >= 0.6 is 0 Å². The second-order valence-electron chi connectivity index (χ2n) is 7.10. The summed E-state index contributed by atoms with van der Waals surface area (Å²) in [6.07, 6.45) is 4.85. The molecule has 2 aromatic carbocycles. The molecule has 1 aromatic heterocycles. The van der Waals surface area contributed by atoms with Crippen LogP contribution in [0.4, 0.5) is 0 Å². The van der Waals surface area contributed by atoms with Crippen molar-refractivity contribution in [2.75, 3.05) is 6.54 Å². The molecule has 3 aromatic rings. The predicted molar refractivity (Wildman–Crippen MR) is 107 cm³/mol. The molecule has 5 nitrogen and oxygen atoms in total. The maximum atomic E-state index is 11.8. The van der Waals surface area contributed by atoms with Gasteiger partial charge in [0.15, 0.2) is 0 Å². The van der Waals surface area contributed by atoms with E-state index in [1.165, 1.54) is 11.1 Å². The Labute approximate surface area is 159 Å². The molecule has 0 saturated carbocycles. The lowest BCUT2D eigenvalue weighted by Gasteiger charge is -2.33. The van der Waals surface area contributed by atoms with Crippen LogP contribution in [0.1, 0.15) is 24.8 Å². The van der Waals surface area contributed by atoms with Crippen LogP contribution in [0.5, 0.6) is 0 Å². The van der Waals surface area contributed by atoms with Gasteiger partial charge in [-0.2, -0.15) is 5.10 Å². The maximum absolute atomic E-state index is 11.8. The Morgan fingerprint density at radius 2 is 1.74 bits per heavy atom. The SMILES string of the molecule is NC(=O)[C@@H]1CCCCN1Cc1cn[nH]c1-c1ccc(-c2ccccc2)cc1. The van der Waals surface area contributed by atoms with Crippen molar-refractivity contribution in [3.8, 4) is 22.4 Å². The number of H-pyrrole nitrogens is 1. The summed E-state index contributed by atoms with van der Waals surface area (Å²) in [4.78, 5) is 14.0. The zero-order valence-corrected chi connectivity index (χ0v) is 15.3. The van der Waals surface area contributed by atoms with Gasteiger partial charge in [0.1, 0.15) is 0 Å². The molecule has 1 atom stereocenters. The molecule has 1 saturated heterocycles. The van der Waals surface area contributed by atoms with E-state index in [2.05, 4.69) is 51.5 Å². The van der Waals surface area contributed by atoms with Gasteiger partial charge in [-0.3, -0.25) is 14.8 Å². The molecule has 1 fully saturated rings. The number of primary amides is 1. The fraction of sp³-hybridized carbons (Fsp3) is 0.273. The van der Waals surface area contributed by atoms with Crippen LogP contribution in [0, 0.1) is 0 Å². The van der Waals surface area contributed by atoms with Crippen molar-refractivity contribution < 1.29 is 4.79 Å². The Hall–Kier alpha value is -2.92. The molecular formula is C22H24N4O. The van der Waals surface area contributed by atoms with E-state index in [9.17, 15) is 4.79 Å². The minimum atomic E-state index is -0.230. The van der Waals surface area contributed by atoms with Crippen LogP contribution in [0.25, 0.3) is 22.4 Å². The zero-order valence-electron chi connectivity index (χ0n) is 15.3. The first-order valence-electron chi connectivity index (χ1n) is 9.44. The van der Waals surface area contributed by atoms with E-state index >= 15 is 0 Å². The highest BCUT2D eigenvalue weighted by molar-refractivity contribution is 5.80. The van der Waals surface area contributed by atoms with Crippen molar-refractivity contribution in [3.05, 3.63) is 66.4 Å². The van der Waals surface area contributed by atoms with Crippen molar-refractivity contribution in [3.63, 3.8) is 0 Å². The number of nitrogens with two attached hydrogens (primary N) is 1. The van der Waals surface area contributed by atoms with Crippen LogP contribution in [-0.4, -0.2) is 33.6 Å². The van der Waals surface area contributed by atoms with E-state index in [1.54, 1.807) is 0 Å². The minimum absolute atomic E-state index is 0.179. The van der Waals surface area contributed by atoms with Crippen LogP contribution in [0.2, 0.25) is 0 Å². The maximum Gasteiger partial charge on any atom is 0.234 e. The van der Waals surface area contributed by atoms with Crippen molar-refractivity contribution in [1.82, 2.24) is 15.1 Å². The topological polar surface area (TPSA) is 75.0 Å². The van der Waals surface area contributed by atoms with Gasteiger partial charge in [0.25, 0.3) is 0 Å². The second-order valence-corrected chi connectivity index (χ2v) is 7.10. The molecule has 1 aliphatic heterocycles. The number of carbonyl (C=O) groups excluding carboxylic acids is 1. The first-order valence-corrected chi connectivity index (χ1v) is 9.44. The predicted octanol–water partition coefficient (Wildman–Crippen LogP) is 3.58. The fourth-order valence-corrected chi connectivity index (χ4v) is 3.86. The van der Waals surface area contributed by atoms with Crippen molar-refractivity contribution in [2.45, 2.75) is 31.8 Å². The van der Waals surface area contributed by atoms with Crippen LogP contribution in [-0.2, 0) is 11.3 Å². The highest BCUT2D eigenvalue weighted by Crippen LogP contribution is 2.28. The summed E-state index contributed by atoms with van der Waals surface area (Å²) in [5, 5.41) is 7.37. The van der Waals surface area contributed by atoms with E-state index in [-0.39, 0.29) is 11.9 Å². The average molecular weight is 360 g/mol. The standard InChI is InChI=1S/C22H24N4O/c23-22(27)20-8-4-5-13-26(20)15-19-14-24-25-21(19)18-11-9-17(10-12-18)16-6-2-1-3-7-16/h1-3,6-7,9-12,14,20H,4-5,8,13,15H2,(H2,23,27)(H,24,25)/t20-/m0/s1. The van der Waals surface area contributed by atoms with E-state index < -0.39 is 0 Å². The second kappa shape index (κ2) is 7.76. The van der Waals surface area contributed by atoms with Gasteiger partial charge in [0.2, 0.25) is 5.91 Å². The lowest BCUT2D eigenvalue weighted by molar-refractivity contribution is -0.124. The van der Waals surface area contributed by atoms with E-state index in [1.807, 2.05) is 24.4 Å². The van der Waals surface area contributed by atoms with Gasteiger partial charge in [-0.1, -0.05) is 61.0 Å². The Morgan fingerprint density at radius 3 is 2.48 bits per heavy atom. The molecule has 27 heavy (non-hydrogen) atoms. The van der Waals surface area contributed by atoms with Gasteiger partial charge in [-0.25, -0.2) is 0 Å². The molecule has 4 rings (SSSR count). The number of benzene rings is 2. The zero-order chi connectivity index (χ0) is 18.6. The summed E-state index contributed by atoms with van der Waals surface area (Å²) in [5.74, 6) is -0.230. The highest BCUT2D eigenvalue weighted by Gasteiger charge is 2.27. The largest absolute Gasteiger partial charge is 0.368 e. The van der Waals surface area contributed by atoms with Crippen molar-refractivity contribution in [2.24, 2.45) is 5.73 Å². The molecule has 0 radical (unpaired) electrons. The third-order valence-corrected chi connectivity index (χ3v) is 5.31. The summed E-state index contributed by atoms with van der Waals surface area (Å²) in [6.45, 7) is 1.57. The number of nitrogens with one attached hydrogen (secondary N) is 1. The van der Waals surface area contributed by atoms with Gasteiger partial charge in [0, 0.05) is 12.1 Å². The number of aromatic amines is 1. The quantitative estimate of drug-likeness (QED) is 0.730. The molecule has 0 unspecified atom stereocenters. The summed E-state index contributed by atoms with van der Waals surface area (Å²) in [7, 11) is 0. The lowest BCUT2D eigenvalue weighted by atomic mass is 9.99. The molecule has 138 valence electrons. The lowest BCUT2D eigenvalue weighted by Crippen LogP contribution is -2.47. The molecule has 0 bridgehead atoms. The molecule has 0 aliphatic carbocycles. The van der Waals surface area contributed by atoms with E-state index in [0.29, 0.717) is 6.54 Å². The number of likely N-dealkylation sites (tertiary alicyclic amines) is 1. The van der Waals surface area contributed by atoms with Gasteiger partial charge in [-0.05, 0) is 36.1 Å². The molecule has 5 heteroatoms. The summed E-state index contributed by atoms with van der Waals surface area (Å²) in [5.41, 5.74) is 11.2. The van der Waals surface area contributed by atoms with E-state index in [0.717, 1.165) is 42.6 Å². The number of piperidine rings is 1. The number of hydrogen-bond donors (Lipinski definition) is 2. The summed E-state index contributed by atoms with van der Waals surface area (Å²) >= 11 is 0. The van der Waals surface area contributed by atoms with Gasteiger partial charge in [-0.15, -0.1) is 0 Å². The molecule has 0 spiro atoms. The third-order valence-electron chi connectivity index (χ3n) is 5.31. The molecule has 1 aliphatic rings. The number of carbonyl (C=O) groups is 1. The van der Waals surface area contributed by atoms with Gasteiger partial charge >= 0.3 is 0 Å². The first kappa shape index (κ1) is 17.5.